The number of nitrogens with zero attached hydrogens (tertiary/aromatic N) is 1. The molecule has 1 saturated heterocycles. The number of hydrogen-bond acceptors (Lipinski definition) is 6. The minimum atomic E-state index is -3.78. The number of ether oxygens (including phenoxy) is 2. The fraction of sp³-hybridized carbons (Fsp3) is 0.467. The van der Waals surface area contributed by atoms with E-state index in [4.69, 9.17) is 9.84 Å². The lowest BCUT2D eigenvalue weighted by Gasteiger charge is -2.29. The maximum Gasteiger partial charge on any atom is 0.341 e. The summed E-state index contributed by atoms with van der Waals surface area (Å²) in [5, 5.41) is 8.99. The Bertz CT molecular complexity index is 736. The van der Waals surface area contributed by atoms with Gasteiger partial charge in [-0.05, 0) is 25.0 Å². The number of carboxylic acids is 1. The van der Waals surface area contributed by atoms with Crippen molar-refractivity contribution in [1.29, 1.82) is 0 Å². The van der Waals surface area contributed by atoms with Crippen LogP contribution in [0, 0.1) is 5.92 Å². The average Bonchev–Trinajstić information content (AvgIpc) is 2.60. The predicted octanol–water partition coefficient (Wildman–Crippen LogP) is 0.967. The van der Waals surface area contributed by atoms with Crippen molar-refractivity contribution in [2.24, 2.45) is 5.92 Å². The van der Waals surface area contributed by atoms with Gasteiger partial charge in [0.1, 0.15) is 11.3 Å². The molecule has 1 heterocycles. The summed E-state index contributed by atoms with van der Waals surface area (Å²) in [6.07, 6.45) is 0.540. The zero-order chi connectivity index (χ0) is 17.9. The third kappa shape index (κ3) is 3.51. The number of sulfonamides is 1. The Morgan fingerprint density at radius 2 is 1.83 bits per heavy atom. The minimum Gasteiger partial charge on any atom is -0.496 e. The van der Waals surface area contributed by atoms with Gasteiger partial charge >= 0.3 is 11.9 Å². The topological polar surface area (TPSA) is 110 Å². The van der Waals surface area contributed by atoms with Gasteiger partial charge in [-0.3, -0.25) is 4.79 Å². The van der Waals surface area contributed by atoms with E-state index in [9.17, 15) is 18.0 Å². The van der Waals surface area contributed by atoms with E-state index in [-0.39, 0.29) is 42.1 Å². The average molecular weight is 357 g/mol. The molecule has 2 rings (SSSR count). The molecular formula is C15H19NO7S. The zero-order valence-corrected chi connectivity index (χ0v) is 14.2. The van der Waals surface area contributed by atoms with E-state index in [0.29, 0.717) is 0 Å². The highest BCUT2D eigenvalue weighted by molar-refractivity contribution is 7.89. The van der Waals surface area contributed by atoms with Crippen LogP contribution in [0.25, 0.3) is 0 Å². The van der Waals surface area contributed by atoms with Gasteiger partial charge in [0, 0.05) is 19.2 Å². The van der Waals surface area contributed by atoms with Crippen LogP contribution in [-0.4, -0.2) is 57.1 Å². The van der Waals surface area contributed by atoms with Crippen molar-refractivity contribution in [3.8, 4) is 5.75 Å². The summed E-state index contributed by atoms with van der Waals surface area (Å²) < 4.78 is 36.3. The molecule has 0 amide bonds. The molecule has 0 saturated carbocycles. The number of methoxy groups -OCH3 is 2. The number of carbonyl (C=O) groups is 2. The van der Waals surface area contributed by atoms with E-state index in [0.717, 1.165) is 0 Å². The van der Waals surface area contributed by atoms with Crippen LogP contribution >= 0.6 is 0 Å². The Balaban J connectivity index is 2.27. The van der Waals surface area contributed by atoms with Gasteiger partial charge in [0.15, 0.2) is 0 Å². The molecule has 1 fully saturated rings. The fourth-order valence-electron chi connectivity index (χ4n) is 2.60. The molecule has 9 heteroatoms. The Kier molecular flexibility index (Phi) is 5.45. The van der Waals surface area contributed by atoms with E-state index < -0.39 is 27.9 Å². The van der Waals surface area contributed by atoms with Crippen molar-refractivity contribution in [2.75, 3.05) is 27.3 Å². The van der Waals surface area contributed by atoms with Gasteiger partial charge in [-0.2, -0.15) is 4.31 Å². The first-order chi connectivity index (χ1) is 11.3. The molecule has 8 nitrogen and oxygen atoms in total. The van der Waals surface area contributed by atoms with Crippen LogP contribution in [0.4, 0.5) is 0 Å². The van der Waals surface area contributed by atoms with Crippen LogP contribution in [0.2, 0.25) is 0 Å². The van der Waals surface area contributed by atoms with Gasteiger partial charge in [0.05, 0.1) is 25.0 Å². The first-order valence-corrected chi connectivity index (χ1v) is 8.74. The Labute approximate surface area is 140 Å². The summed E-state index contributed by atoms with van der Waals surface area (Å²) in [5.74, 6) is -1.95. The highest BCUT2D eigenvalue weighted by Crippen LogP contribution is 2.28. The molecule has 0 spiro atoms. The van der Waals surface area contributed by atoms with Gasteiger partial charge in [-0.25, -0.2) is 13.2 Å². The van der Waals surface area contributed by atoms with Crippen LogP contribution in [0.5, 0.6) is 5.75 Å². The third-order valence-corrected chi connectivity index (χ3v) is 5.91. The summed E-state index contributed by atoms with van der Waals surface area (Å²) >= 11 is 0. The molecule has 1 aromatic rings. The number of carbonyl (C=O) groups excluding carboxylic acids is 1. The number of benzene rings is 1. The monoisotopic (exact) mass is 357 g/mol. The summed E-state index contributed by atoms with van der Waals surface area (Å²) in [6.45, 7) is 0.279. The van der Waals surface area contributed by atoms with Crippen LogP contribution in [0.1, 0.15) is 23.2 Å². The first-order valence-electron chi connectivity index (χ1n) is 7.30. The molecule has 0 bridgehead atoms. The molecule has 132 valence electrons. The standard InChI is InChI=1S/C15H19NO7S/c1-22-13-9-11(3-4-12(13)15(19)23-2)24(20,21)16-7-5-10(6-8-16)14(17)18/h3-4,9-10H,5-8H2,1-2H3,(H,17,18). The van der Waals surface area contributed by atoms with E-state index in [1.165, 1.54) is 36.7 Å². The second kappa shape index (κ2) is 7.18. The van der Waals surface area contributed by atoms with Crippen LogP contribution in [0.15, 0.2) is 23.1 Å². The van der Waals surface area contributed by atoms with Crippen molar-refractivity contribution >= 4 is 22.0 Å². The molecule has 0 radical (unpaired) electrons. The van der Waals surface area contributed by atoms with Gasteiger partial charge in [0.25, 0.3) is 0 Å². The number of carboxylic acid groups (broad SMARTS) is 1. The highest BCUT2D eigenvalue weighted by Gasteiger charge is 2.32. The second-order valence-corrected chi connectivity index (χ2v) is 7.31. The van der Waals surface area contributed by atoms with Gasteiger partial charge in [-0.15, -0.1) is 0 Å². The maximum atomic E-state index is 12.7. The second-order valence-electron chi connectivity index (χ2n) is 5.37. The Morgan fingerprint density at radius 1 is 1.21 bits per heavy atom. The quantitative estimate of drug-likeness (QED) is 0.782. The van der Waals surface area contributed by atoms with E-state index in [2.05, 4.69) is 4.74 Å². The molecule has 0 aliphatic carbocycles. The summed E-state index contributed by atoms with van der Waals surface area (Å²) in [7, 11) is -1.23. The molecule has 0 atom stereocenters. The minimum absolute atomic E-state index is 0.0132. The molecule has 1 aromatic carbocycles. The largest absolute Gasteiger partial charge is 0.496 e. The lowest BCUT2D eigenvalue weighted by Crippen LogP contribution is -2.40. The van der Waals surface area contributed by atoms with E-state index >= 15 is 0 Å². The smallest absolute Gasteiger partial charge is 0.341 e. The van der Waals surface area contributed by atoms with Gasteiger partial charge in [-0.1, -0.05) is 0 Å². The van der Waals surface area contributed by atoms with Crippen molar-refractivity contribution in [3.63, 3.8) is 0 Å². The van der Waals surface area contributed by atoms with Crippen molar-refractivity contribution in [3.05, 3.63) is 23.8 Å². The van der Waals surface area contributed by atoms with E-state index in [1.54, 1.807) is 0 Å². The summed E-state index contributed by atoms with van der Waals surface area (Å²) in [5.41, 5.74) is 0.128. The zero-order valence-electron chi connectivity index (χ0n) is 13.4. The number of aliphatic carboxylic acids is 1. The van der Waals surface area contributed by atoms with Crippen LogP contribution < -0.4 is 4.74 Å². The number of hydrogen-bond donors (Lipinski definition) is 1. The number of rotatable bonds is 5. The predicted molar refractivity (Wildman–Crippen MR) is 83.5 cm³/mol. The maximum absolute atomic E-state index is 12.7. The van der Waals surface area contributed by atoms with Crippen LogP contribution in [0.3, 0.4) is 0 Å². The van der Waals surface area contributed by atoms with Crippen molar-refractivity contribution in [1.82, 2.24) is 4.31 Å². The lowest BCUT2D eigenvalue weighted by molar-refractivity contribution is -0.142. The summed E-state index contributed by atoms with van der Waals surface area (Å²) in [6, 6.07) is 3.92. The molecule has 1 aliphatic rings. The molecule has 24 heavy (non-hydrogen) atoms. The Hall–Kier alpha value is -2.13. The normalized spacial score (nSPS) is 16.6. The summed E-state index contributed by atoms with van der Waals surface area (Å²) in [4.78, 5) is 22.6. The van der Waals surface area contributed by atoms with E-state index in [1.807, 2.05) is 0 Å². The highest BCUT2D eigenvalue weighted by atomic mass is 32.2. The van der Waals surface area contributed by atoms with Crippen molar-refractivity contribution < 1.29 is 32.6 Å². The van der Waals surface area contributed by atoms with Gasteiger partial charge < -0.3 is 14.6 Å². The number of piperidine rings is 1. The first kappa shape index (κ1) is 18.2. The molecule has 1 N–H and O–H groups in total. The molecular weight excluding hydrogens is 338 g/mol. The SMILES string of the molecule is COC(=O)c1ccc(S(=O)(=O)N2CCC(C(=O)O)CC2)cc1OC. The fourth-order valence-corrected chi connectivity index (χ4v) is 4.09. The number of esters is 1. The van der Waals surface area contributed by atoms with Gasteiger partial charge in [0.2, 0.25) is 10.0 Å². The third-order valence-electron chi connectivity index (χ3n) is 4.02. The van der Waals surface area contributed by atoms with Crippen molar-refractivity contribution in [2.45, 2.75) is 17.7 Å². The lowest BCUT2D eigenvalue weighted by atomic mass is 9.99. The molecule has 1 aliphatic heterocycles. The molecule has 0 aromatic heterocycles. The van der Waals surface area contributed by atoms with Crippen LogP contribution in [-0.2, 0) is 19.6 Å². The Morgan fingerprint density at radius 3 is 2.33 bits per heavy atom. The molecule has 0 unspecified atom stereocenters.